The second-order valence-electron chi connectivity index (χ2n) is 3.88. The second kappa shape index (κ2) is 3.93. The topological polar surface area (TPSA) is 26.5 Å². The zero-order valence-corrected chi connectivity index (χ0v) is 9.40. The molecule has 0 N–H and O–H groups in total. The Kier molecular flexibility index (Phi) is 2.62. The number of ether oxygens (including phenoxy) is 1. The molecule has 0 aliphatic carbocycles. The predicted octanol–water partition coefficient (Wildman–Crippen LogP) is 2.86. The van der Waals surface area contributed by atoms with Gasteiger partial charge in [0.1, 0.15) is 5.75 Å². The minimum Gasteiger partial charge on any atom is -0.492 e. The van der Waals surface area contributed by atoms with Crippen molar-refractivity contribution >= 4 is 5.52 Å². The van der Waals surface area contributed by atoms with Gasteiger partial charge in [0.25, 0.3) is 0 Å². The van der Waals surface area contributed by atoms with E-state index < -0.39 is 0 Å². The van der Waals surface area contributed by atoms with Gasteiger partial charge in [-0.15, -0.1) is 0 Å². The number of aromatic nitrogens is 2. The van der Waals surface area contributed by atoms with Crippen molar-refractivity contribution in [2.24, 2.45) is 0 Å². The highest BCUT2D eigenvalue weighted by Crippen LogP contribution is 2.22. The van der Waals surface area contributed by atoms with Crippen molar-refractivity contribution in [2.75, 3.05) is 6.61 Å². The van der Waals surface area contributed by atoms with E-state index in [0.29, 0.717) is 12.5 Å². The average molecular weight is 204 g/mol. The van der Waals surface area contributed by atoms with Crippen molar-refractivity contribution in [1.29, 1.82) is 0 Å². The van der Waals surface area contributed by atoms with E-state index in [1.807, 2.05) is 29.9 Å². The summed E-state index contributed by atoms with van der Waals surface area (Å²) in [7, 11) is 0. The number of pyridine rings is 1. The van der Waals surface area contributed by atoms with E-state index >= 15 is 0 Å². The first-order valence-corrected chi connectivity index (χ1v) is 5.32. The molecule has 2 rings (SSSR count). The molecule has 0 saturated carbocycles. The van der Waals surface area contributed by atoms with Gasteiger partial charge in [0.15, 0.2) is 0 Å². The van der Waals surface area contributed by atoms with E-state index in [2.05, 4.69) is 25.0 Å². The van der Waals surface area contributed by atoms with Gasteiger partial charge in [-0.05, 0) is 25.0 Å². The van der Waals surface area contributed by atoms with Crippen molar-refractivity contribution in [1.82, 2.24) is 9.61 Å². The quantitative estimate of drug-likeness (QED) is 0.768. The van der Waals surface area contributed by atoms with Gasteiger partial charge >= 0.3 is 0 Å². The zero-order valence-electron chi connectivity index (χ0n) is 9.40. The molecule has 2 aromatic heterocycles. The number of hydrogen-bond acceptors (Lipinski definition) is 2. The van der Waals surface area contributed by atoms with E-state index in [-0.39, 0.29) is 0 Å². The molecule has 0 aliphatic rings. The predicted molar refractivity (Wildman–Crippen MR) is 60.5 cm³/mol. The summed E-state index contributed by atoms with van der Waals surface area (Å²) in [4.78, 5) is 0. The van der Waals surface area contributed by atoms with Crippen molar-refractivity contribution in [3.05, 3.63) is 30.1 Å². The van der Waals surface area contributed by atoms with Crippen molar-refractivity contribution in [2.45, 2.75) is 26.7 Å². The van der Waals surface area contributed by atoms with Crippen LogP contribution in [0.4, 0.5) is 0 Å². The molecule has 2 heterocycles. The first-order chi connectivity index (χ1) is 7.22. The Morgan fingerprint density at radius 2 is 2.20 bits per heavy atom. The maximum Gasteiger partial charge on any atom is 0.137 e. The summed E-state index contributed by atoms with van der Waals surface area (Å²) in [5.74, 6) is 1.36. The van der Waals surface area contributed by atoms with Gasteiger partial charge in [-0.2, -0.15) is 5.10 Å². The van der Waals surface area contributed by atoms with Crippen LogP contribution in [0.3, 0.4) is 0 Å². The molecule has 3 heteroatoms. The van der Waals surface area contributed by atoms with Crippen LogP contribution in [-0.2, 0) is 0 Å². The highest BCUT2D eigenvalue weighted by molar-refractivity contribution is 5.56. The largest absolute Gasteiger partial charge is 0.492 e. The monoisotopic (exact) mass is 204 g/mol. The standard InChI is InChI=1S/C12H16N2O/c1-4-15-10-5-6-12-11(9(2)3)7-13-14(12)8-10/h5-9H,4H2,1-3H3. The molecule has 15 heavy (non-hydrogen) atoms. The number of nitrogens with zero attached hydrogens (tertiary/aromatic N) is 2. The van der Waals surface area contributed by atoms with Crippen LogP contribution in [0, 0.1) is 0 Å². The van der Waals surface area contributed by atoms with Crippen molar-refractivity contribution < 1.29 is 4.74 Å². The molecule has 0 radical (unpaired) electrons. The van der Waals surface area contributed by atoms with Crippen molar-refractivity contribution in [3.8, 4) is 5.75 Å². The SMILES string of the molecule is CCOc1ccc2c(C(C)C)cnn2c1. The summed E-state index contributed by atoms with van der Waals surface area (Å²) >= 11 is 0. The van der Waals surface area contributed by atoms with E-state index in [1.54, 1.807) is 0 Å². The Labute approximate surface area is 89.7 Å². The minimum atomic E-state index is 0.500. The van der Waals surface area contributed by atoms with Crippen LogP contribution in [0.15, 0.2) is 24.5 Å². The minimum absolute atomic E-state index is 0.500. The summed E-state index contributed by atoms with van der Waals surface area (Å²) in [6.07, 6.45) is 3.85. The molecule has 0 unspecified atom stereocenters. The van der Waals surface area contributed by atoms with Crippen LogP contribution < -0.4 is 4.74 Å². The van der Waals surface area contributed by atoms with Crippen LogP contribution in [0.25, 0.3) is 5.52 Å². The smallest absolute Gasteiger partial charge is 0.137 e. The summed E-state index contributed by atoms with van der Waals surface area (Å²) in [5, 5.41) is 4.32. The molecule has 0 atom stereocenters. The highest BCUT2D eigenvalue weighted by atomic mass is 16.5. The lowest BCUT2D eigenvalue weighted by Crippen LogP contribution is -1.95. The molecule has 0 aliphatic heterocycles. The van der Waals surface area contributed by atoms with Gasteiger partial charge in [-0.1, -0.05) is 13.8 Å². The zero-order chi connectivity index (χ0) is 10.8. The van der Waals surface area contributed by atoms with E-state index in [9.17, 15) is 0 Å². The molecule has 0 saturated heterocycles. The Bertz CT molecular complexity index is 460. The molecular weight excluding hydrogens is 188 g/mol. The Hall–Kier alpha value is -1.51. The summed E-state index contributed by atoms with van der Waals surface area (Å²) < 4.78 is 7.30. The third-order valence-corrected chi connectivity index (χ3v) is 2.45. The van der Waals surface area contributed by atoms with Gasteiger partial charge in [0, 0.05) is 5.56 Å². The van der Waals surface area contributed by atoms with E-state index in [0.717, 1.165) is 11.3 Å². The summed E-state index contributed by atoms with van der Waals surface area (Å²) in [6, 6.07) is 4.06. The molecule has 0 bridgehead atoms. The number of rotatable bonds is 3. The van der Waals surface area contributed by atoms with Crippen LogP contribution >= 0.6 is 0 Å². The molecular formula is C12H16N2O. The highest BCUT2D eigenvalue weighted by Gasteiger charge is 2.07. The molecule has 0 spiro atoms. The van der Waals surface area contributed by atoms with E-state index in [4.69, 9.17) is 4.74 Å². The third kappa shape index (κ3) is 1.82. The van der Waals surface area contributed by atoms with Crippen LogP contribution in [0.2, 0.25) is 0 Å². The average Bonchev–Trinajstić information content (AvgIpc) is 2.61. The Morgan fingerprint density at radius 3 is 2.87 bits per heavy atom. The number of hydrogen-bond donors (Lipinski definition) is 0. The maximum atomic E-state index is 5.42. The summed E-state index contributed by atoms with van der Waals surface area (Å²) in [6.45, 7) is 7.01. The fraction of sp³-hybridized carbons (Fsp3) is 0.417. The maximum absolute atomic E-state index is 5.42. The van der Waals surface area contributed by atoms with Crippen LogP contribution in [0.5, 0.6) is 5.75 Å². The lowest BCUT2D eigenvalue weighted by molar-refractivity contribution is 0.338. The van der Waals surface area contributed by atoms with Gasteiger partial charge in [0.2, 0.25) is 0 Å². The van der Waals surface area contributed by atoms with Crippen molar-refractivity contribution in [3.63, 3.8) is 0 Å². The first kappa shape index (κ1) is 10.0. The Morgan fingerprint density at radius 1 is 1.40 bits per heavy atom. The Balaban J connectivity index is 2.47. The van der Waals surface area contributed by atoms with Gasteiger partial charge in [-0.25, -0.2) is 4.52 Å². The molecule has 2 aromatic rings. The fourth-order valence-corrected chi connectivity index (χ4v) is 1.68. The van der Waals surface area contributed by atoms with E-state index in [1.165, 1.54) is 5.56 Å². The number of fused-ring (bicyclic) bond motifs is 1. The third-order valence-electron chi connectivity index (χ3n) is 2.45. The summed E-state index contributed by atoms with van der Waals surface area (Å²) in [5.41, 5.74) is 2.44. The van der Waals surface area contributed by atoms with Gasteiger partial charge in [0.05, 0.1) is 24.5 Å². The fourth-order valence-electron chi connectivity index (χ4n) is 1.68. The molecule has 0 fully saturated rings. The molecule has 0 amide bonds. The molecule has 80 valence electrons. The van der Waals surface area contributed by atoms with Gasteiger partial charge in [-0.3, -0.25) is 0 Å². The molecule has 0 aromatic carbocycles. The first-order valence-electron chi connectivity index (χ1n) is 5.32. The van der Waals surface area contributed by atoms with Gasteiger partial charge < -0.3 is 4.74 Å². The lowest BCUT2D eigenvalue weighted by Gasteiger charge is -2.05. The van der Waals surface area contributed by atoms with Crippen LogP contribution in [0.1, 0.15) is 32.3 Å². The lowest BCUT2D eigenvalue weighted by atomic mass is 10.1. The second-order valence-corrected chi connectivity index (χ2v) is 3.88. The molecule has 3 nitrogen and oxygen atoms in total. The van der Waals surface area contributed by atoms with Crippen LogP contribution in [-0.4, -0.2) is 16.2 Å². The normalized spacial score (nSPS) is 11.2.